The van der Waals surface area contributed by atoms with Gasteiger partial charge in [0.1, 0.15) is 5.82 Å². The summed E-state index contributed by atoms with van der Waals surface area (Å²) in [4.78, 5) is 17.3. The van der Waals surface area contributed by atoms with Crippen molar-refractivity contribution in [1.29, 1.82) is 0 Å². The van der Waals surface area contributed by atoms with Gasteiger partial charge in [-0.05, 0) is 29.8 Å². The number of benzene rings is 1. The molecular formula is C20H19ClFN5. The van der Waals surface area contributed by atoms with E-state index < -0.39 is 0 Å². The average molecular weight is 384 g/mol. The third-order valence-corrected chi connectivity index (χ3v) is 5.01. The van der Waals surface area contributed by atoms with E-state index in [2.05, 4.69) is 24.8 Å². The van der Waals surface area contributed by atoms with Crippen LogP contribution in [0.4, 0.5) is 10.3 Å². The molecule has 4 rings (SSSR count). The summed E-state index contributed by atoms with van der Waals surface area (Å²) in [5, 5.41) is 0.396. The number of rotatable bonds is 4. The van der Waals surface area contributed by atoms with Crippen molar-refractivity contribution >= 4 is 17.5 Å². The molecule has 0 aliphatic carbocycles. The molecule has 1 fully saturated rings. The van der Waals surface area contributed by atoms with Crippen molar-refractivity contribution in [3.8, 4) is 0 Å². The Morgan fingerprint density at radius 3 is 2.41 bits per heavy atom. The third kappa shape index (κ3) is 3.91. The number of hydrogen-bond acceptors (Lipinski definition) is 5. The lowest BCUT2D eigenvalue weighted by atomic mass is 9.97. The molecule has 3 aromatic rings. The van der Waals surface area contributed by atoms with E-state index in [4.69, 9.17) is 11.6 Å². The number of anilines is 1. The van der Waals surface area contributed by atoms with E-state index in [-0.39, 0.29) is 11.9 Å². The Labute approximate surface area is 162 Å². The molecule has 0 N–H and O–H groups in total. The van der Waals surface area contributed by atoms with E-state index in [1.54, 1.807) is 36.9 Å². The molecule has 1 unspecified atom stereocenters. The lowest BCUT2D eigenvalue weighted by molar-refractivity contribution is 0.208. The molecule has 0 spiro atoms. The molecule has 138 valence electrons. The van der Waals surface area contributed by atoms with Crippen LogP contribution in [0.2, 0.25) is 5.02 Å². The highest BCUT2D eigenvalue weighted by atomic mass is 35.5. The van der Waals surface area contributed by atoms with E-state index in [1.165, 1.54) is 6.07 Å². The summed E-state index contributed by atoms with van der Waals surface area (Å²) in [5.74, 6) is 0.429. The van der Waals surface area contributed by atoms with E-state index in [9.17, 15) is 4.39 Å². The van der Waals surface area contributed by atoms with Crippen LogP contribution in [0.15, 0.2) is 61.2 Å². The van der Waals surface area contributed by atoms with Gasteiger partial charge < -0.3 is 4.90 Å². The number of nitrogens with zero attached hydrogens (tertiary/aromatic N) is 5. The number of hydrogen-bond donors (Lipinski definition) is 0. The Bertz CT molecular complexity index is 885. The Balaban J connectivity index is 1.61. The topological polar surface area (TPSA) is 45.2 Å². The fourth-order valence-electron chi connectivity index (χ4n) is 3.48. The lowest BCUT2D eigenvalue weighted by Crippen LogP contribution is -2.48. The van der Waals surface area contributed by atoms with Crippen molar-refractivity contribution in [3.05, 3.63) is 83.2 Å². The first-order valence-electron chi connectivity index (χ1n) is 8.83. The average Bonchev–Trinajstić information content (AvgIpc) is 2.72. The van der Waals surface area contributed by atoms with Crippen LogP contribution in [0.25, 0.3) is 0 Å². The second kappa shape index (κ2) is 7.98. The van der Waals surface area contributed by atoms with Crippen LogP contribution in [0.5, 0.6) is 0 Å². The molecule has 3 heterocycles. The third-order valence-electron chi connectivity index (χ3n) is 4.77. The number of piperazine rings is 1. The van der Waals surface area contributed by atoms with Gasteiger partial charge in [0.25, 0.3) is 0 Å². The van der Waals surface area contributed by atoms with Gasteiger partial charge in [-0.15, -0.1) is 0 Å². The monoisotopic (exact) mass is 383 g/mol. The largest absolute Gasteiger partial charge is 0.338 e. The molecule has 0 amide bonds. The van der Waals surface area contributed by atoms with Crippen molar-refractivity contribution in [2.45, 2.75) is 6.04 Å². The van der Waals surface area contributed by atoms with Crippen LogP contribution in [0, 0.1) is 5.82 Å². The smallest absolute Gasteiger partial charge is 0.225 e. The maximum absolute atomic E-state index is 14.7. The molecule has 1 atom stereocenters. The minimum absolute atomic E-state index is 0.213. The molecule has 2 aromatic heterocycles. The van der Waals surface area contributed by atoms with Crippen molar-refractivity contribution in [2.24, 2.45) is 0 Å². The molecular weight excluding hydrogens is 365 g/mol. The summed E-state index contributed by atoms with van der Waals surface area (Å²) >= 11 is 5.95. The van der Waals surface area contributed by atoms with Crippen molar-refractivity contribution < 1.29 is 4.39 Å². The van der Waals surface area contributed by atoms with Crippen LogP contribution >= 0.6 is 11.6 Å². The Hall–Kier alpha value is -2.57. The van der Waals surface area contributed by atoms with E-state index in [0.29, 0.717) is 10.6 Å². The number of halogens is 2. The van der Waals surface area contributed by atoms with Crippen LogP contribution in [0.1, 0.15) is 17.2 Å². The highest BCUT2D eigenvalue weighted by molar-refractivity contribution is 6.30. The first kappa shape index (κ1) is 17.8. The molecule has 27 heavy (non-hydrogen) atoms. The molecule has 5 nitrogen and oxygen atoms in total. The summed E-state index contributed by atoms with van der Waals surface area (Å²) in [7, 11) is 0. The van der Waals surface area contributed by atoms with Crippen molar-refractivity contribution in [2.75, 3.05) is 31.1 Å². The summed E-state index contributed by atoms with van der Waals surface area (Å²) in [6.07, 6.45) is 7.02. The number of aromatic nitrogens is 3. The van der Waals surface area contributed by atoms with Crippen molar-refractivity contribution in [3.63, 3.8) is 0 Å². The SMILES string of the molecule is Fc1cc(Cl)ccc1C(c1cccnc1)N1CCN(c2ncccn2)CC1. The summed E-state index contributed by atoms with van der Waals surface area (Å²) < 4.78 is 14.7. The van der Waals surface area contributed by atoms with E-state index in [1.807, 2.05) is 18.2 Å². The molecule has 1 aliphatic heterocycles. The number of pyridine rings is 1. The minimum Gasteiger partial charge on any atom is -0.338 e. The van der Waals surface area contributed by atoms with Crippen LogP contribution in [-0.2, 0) is 0 Å². The normalized spacial score (nSPS) is 16.3. The Morgan fingerprint density at radius 2 is 1.74 bits per heavy atom. The predicted molar refractivity (Wildman–Crippen MR) is 103 cm³/mol. The maximum atomic E-state index is 14.7. The quantitative estimate of drug-likeness (QED) is 0.689. The Morgan fingerprint density at radius 1 is 0.963 bits per heavy atom. The first-order chi connectivity index (χ1) is 13.2. The highest BCUT2D eigenvalue weighted by Crippen LogP contribution is 2.32. The summed E-state index contributed by atoms with van der Waals surface area (Å²) in [6, 6.07) is 10.3. The van der Waals surface area contributed by atoms with Gasteiger partial charge in [-0.1, -0.05) is 23.7 Å². The van der Waals surface area contributed by atoms with Gasteiger partial charge in [0, 0.05) is 61.6 Å². The maximum Gasteiger partial charge on any atom is 0.225 e. The highest BCUT2D eigenvalue weighted by Gasteiger charge is 2.29. The zero-order chi connectivity index (χ0) is 18.6. The molecule has 0 radical (unpaired) electrons. The van der Waals surface area contributed by atoms with Crippen LogP contribution in [0.3, 0.4) is 0 Å². The first-order valence-corrected chi connectivity index (χ1v) is 9.21. The molecule has 0 saturated carbocycles. The second-order valence-electron chi connectivity index (χ2n) is 6.43. The van der Waals surface area contributed by atoms with Gasteiger partial charge >= 0.3 is 0 Å². The fraction of sp³-hybridized carbons (Fsp3) is 0.250. The zero-order valence-electron chi connectivity index (χ0n) is 14.7. The van der Waals surface area contributed by atoms with Gasteiger partial charge in [0.05, 0.1) is 6.04 Å². The second-order valence-corrected chi connectivity index (χ2v) is 6.86. The van der Waals surface area contributed by atoms with E-state index >= 15 is 0 Å². The van der Waals surface area contributed by atoms with Crippen LogP contribution < -0.4 is 4.90 Å². The molecule has 0 bridgehead atoms. The fourth-order valence-corrected chi connectivity index (χ4v) is 3.64. The predicted octanol–water partition coefficient (Wildman–Crippen LogP) is 3.58. The van der Waals surface area contributed by atoms with Gasteiger partial charge in [-0.3, -0.25) is 9.88 Å². The lowest BCUT2D eigenvalue weighted by Gasteiger charge is -2.39. The molecule has 1 saturated heterocycles. The molecule has 7 heteroatoms. The zero-order valence-corrected chi connectivity index (χ0v) is 15.4. The molecule has 1 aromatic carbocycles. The standard InChI is InChI=1S/C20H19ClFN5/c21-16-4-5-17(18(22)13-16)19(15-3-1-6-23-14-15)26-9-11-27(12-10-26)20-24-7-2-8-25-20/h1-8,13-14,19H,9-12H2. The van der Waals surface area contributed by atoms with Crippen LogP contribution in [-0.4, -0.2) is 46.0 Å². The van der Waals surface area contributed by atoms with Gasteiger partial charge in [-0.25, -0.2) is 14.4 Å². The van der Waals surface area contributed by atoms with Gasteiger partial charge in [0.15, 0.2) is 0 Å². The Kier molecular flexibility index (Phi) is 5.27. The van der Waals surface area contributed by atoms with E-state index in [0.717, 1.165) is 37.7 Å². The minimum atomic E-state index is -0.301. The van der Waals surface area contributed by atoms with Gasteiger partial charge in [0.2, 0.25) is 5.95 Å². The van der Waals surface area contributed by atoms with Gasteiger partial charge in [-0.2, -0.15) is 0 Å². The summed E-state index contributed by atoms with van der Waals surface area (Å²) in [6.45, 7) is 3.08. The molecule has 1 aliphatic rings. The summed E-state index contributed by atoms with van der Waals surface area (Å²) in [5.41, 5.74) is 1.57. The van der Waals surface area contributed by atoms with Crippen molar-refractivity contribution in [1.82, 2.24) is 19.9 Å².